The number of carbonyl (C=O) groups excluding carboxylic acids is 2. The lowest BCUT2D eigenvalue weighted by atomic mass is 10.1. The first kappa shape index (κ1) is 19.2. The summed E-state index contributed by atoms with van der Waals surface area (Å²) in [7, 11) is 0. The van der Waals surface area contributed by atoms with Crippen molar-refractivity contribution in [1.82, 2.24) is 10.6 Å². The number of rotatable bonds is 8. The van der Waals surface area contributed by atoms with E-state index in [2.05, 4.69) is 28.3 Å². The van der Waals surface area contributed by atoms with E-state index in [0.717, 1.165) is 19.3 Å². The standard InChI is InChI=1S/C18H22FN3O2S/c19-14-7-4-3-6-13(14)15-9-10-16(21-15)22-17(23)8-2-1-5-11-20-18(24)12-25/h3-4,6-7,9,25H,1-2,5,8,10-12H2,(H,20,24)(H,21,22,23). The van der Waals surface area contributed by atoms with Gasteiger partial charge in [0.25, 0.3) is 0 Å². The Kier molecular flexibility index (Phi) is 7.66. The molecule has 1 aliphatic rings. The van der Waals surface area contributed by atoms with E-state index in [1.54, 1.807) is 24.3 Å². The summed E-state index contributed by atoms with van der Waals surface area (Å²) in [5, 5.41) is 5.50. The summed E-state index contributed by atoms with van der Waals surface area (Å²) in [4.78, 5) is 27.2. The van der Waals surface area contributed by atoms with Crippen molar-refractivity contribution >= 4 is 36.0 Å². The summed E-state index contributed by atoms with van der Waals surface area (Å²) in [5.41, 5.74) is 0.989. The zero-order chi connectivity index (χ0) is 18.1. The second-order valence-corrected chi connectivity index (χ2v) is 6.01. The number of unbranched alkanes of at least 4 members (excludes halogenated alkanes) is 2. The van der Waals surface area contributed by atoms with Gasteiger partial charge < -0.3 is 10.6 Å². The molecule has 1 heterocycles. The number of amides is 2. The molecule has 0 aliphatic carbocycles. The summed E-state index contributed by atoms with van der Waals surface area (Å²) in [6.07, 6.45) is 5.11. The van der Waals surface area contributed by atoms with Crippen LogP contribution >= 0.6 is 12.6 Å². The molecule has 7 heteroatoms. The largest absolute Gasteiger partial charge is 0.355 e. The molecule has 2 amide bonds. The molecule has 0 aromatic heterocycles. The quantitative estimate of drug-likeness (QED) is 0.491. The Morgan fingerprint density at radius 3 is 2.72 bits per heavy atom. The lowest BCUT2D eigenvalue weighted by Gasteiger charge is -2.05. The Morgan fingerprint density at radius 2 is 1.96 bits per heavy atom. The molecule has 2 N–H and O–H groups in total. The number of carbonyl (C=O) groups is 2. The normalized spacial score (nSPS) is 13.2. The van der Waals surface area contributed by atoms with Crippen LogP contribution in [0.25, 0.3) is 5.70 Å². The smallest absolute Gasteiger partial charge is 0.229 e. The molecule has 0 spiro atoms. The zero-order valence-electron chi connectivity index (χ0n) is 13.9. The zero-order valence-corrected chi connectivity index (χ0v) is 14.8. The van der Waals surface area contributed by atoms with Crippen LogP contribution in [0.15, 0.2) is 35.3 Å². The Morgan fingerprint density at radius 1 is 1.16 bits per heavy atom. The van der Waals surface area contributed by atoms with E-state index in [9.17, 15) is 14.0 Å². The van der Waals surface area contributed by atoms with Crippen LogP contribution in [0, 0.1) is 5.82 Å². The molecule has 1 aromatic carbocycles. The topological polar surface area (TPSA) is 70.6 Å². The van der Waals surface area contributed by atoms with Gasteiger partial charge in [-0.1, -0.05) is 24.6 Å². The molecule has 1 aromatic rings. The van der Waals surface area contributed by atoms with Crippen LogP contribution in [-0.2, 0) is 9.59 Å². The number of hydrogen-bond acceptors (Lipinski definition) is 4. The van der Waals surface area contributed by atoms with Gasteiger partial charge in [-0.25, -0.2) is 9.38 Å². The van der Waals surface area contributed by atoms with Crippen molar-refractivity contribution in [1.29, 1.82) is 0 Å². The number of nitrogens with one attached hydrogen (secondary N) is 2. The molecule has 0 saturated heterocycles. The minimum Gasteiger partial charge on any atom is -0.355 e. The molecule has 1 aliphatic heterocycles. The molecule has 0 atom stereocenters. The first-order valence-corrected chi connectivity index (χ1v) is 8.93. The van der Waals surface area contributed by atoms with Crippen molar-refractivity contribution in [3.63, 3.8) is 0 Å². The van der Waals surface area contributed by atoms with Crippen molar-refractivity contribution in [2.24, 2.45) is 4.99 Å². The van der Waals surface area contributed by atoms with Crippen LogP contribution in [0.4, 0.5) is 4.39 Å². The summed E-state index contributed by atoms with van der Waals surface area (Å²) in [6, 6.07) is 6.44. The van der Waals surface area contributed by atoms with Crippen molar-refractivity contribution in [3.8, 4) is 0 Å². The summed E-state index contributed by atoms with van der Waals surface area (Å²) >= 11 is 3.87. The van der Waals surface area contributed by atoms with Crippen LogP contribution in [0.5, 0.6) is 0 Å². The molecule has 0 bridgehead atoms. The SMILES string of the molecule is O=C(CS)NCCCCCC(=O)NC1=NC(c2ccccc2F)=CC1. The van der Waals surface area contributed by atoms with E-state index < -0.39 is 0 Å². The molecule has 5 nitrogen and oxygen atoms in total. The van der Waals surface area contributed by atoms with Crippen LogP contribution in [0.3, 0.4) is 0 Å². The van der Waals surface area contributed by atoms with Crippen molar-refractivity contribution in [2.45, 2.75) is 32.1 Å². The summed E-state index contributed by atoms with van der Waals surface area (Å²) in [5.74, 6) is 0.229. The highest BCUT2D eigenvalue weighted by Crippen LogP contribution is 2.23. The molecule has 2 rings (SSSR count). The molecule has 0 saturated carbocycles. The molecule has 0 fully saturated rings. The Hall–Kier alpha value is -2.15. The fourth-order valence-corrected chi connectivity index (χ4v) is 2.55. The van der Waals surface area contributed by atoms with E-state index in [0.29, 0.717) is 36.5 Å². The monoisotopic (exact) mass is 363 g/mol. The van der Waals surface area contributed by atoms with Gasteiger partial charge in [0.1, 0.15) is 11.7 Å². The minimum atomic E-state index is -0.324. The fourth-order valence-electron chi connectivity index (χ4n) is 2.44. The second-order valence-electron chi connectivity index (χ2n) is 5.70. The molecule has 0 radical (unpaired) electrons. The van der Waals surface area contributed by atoms with E-state index >= 15 is 0 Å². The Balaban J connectivity index is 1.67. The number of benzene rings is 1. The van der Waals surface area contributed by atoms with Gasteiger partial charge in [0.05, 0.1) is 11.4 Å². The lowest BCUT2D eigenvalue weighted by Crippen LogP contribution is -2.29. The lowest BCUT2D eigenvalue weighted by molar-refractivity contribution is -0.120. The van der Waals surface area contributed by atoms with Crippen LogP contribution in [0.2, 0.25) is 0 Å². The number of nitrogens with zero attached hydrogens (tertiary/aromatic N) is 1. The third-order valence-corrected chi connectivity index (χ3v) is 4.01. The van der Waals surface area contributed by atoms with E-state index in [1.807, 2.05) is 0 Å². The van der Waals surface area contributed by atoms with Crippen molar-refractivity contribution in [3.05, 3.63) is 41.7 Å². The molecule has 0 unspecified atom stereocenters. The number of halogens is 1. The average molecular weight is 363 g/mol. The van der Waals surface area contributed by atoms with Crippen molar-refractivity contribution < 1.29 is 14.0 Å². The highest BCUT2D eigenvalue weighted by atomic mass is 32.1. The number of hydrogen-bond donors (Lipinski definition) is 3. The maximum Gasteiger partial charge on any atom is 0.229 e. The van der Waals surface area contributed by atoms with Gasteiger partial charge in [-0.2, -0.15) is 12.6 Å². The maximum atomic E-state index is 13.7. The maximum absolute atomic E-state index is 13.7. The predicted octanol–water partition coefficient (Wildman–Crippen LogP) is 2.69. The van der Waals surface area contributed by atoms with Crippen LogP contribution in [-0.4, -0.2) is 29.9 Å². The highest BCUT2D eigenvalue weighted by Gasteiger charge is 2.15. The second kappa shape index (κ2) is 9.98. The molecular weight excluding hydrogens is 341 g/mol. The van der Waals surface area contributed by atoms with Crippen LogP contribution in [0.1, 0.15) is 37.7 Å². The van der Waals surface area contributed by atoms with E-state index in [-0.39, 0.29) is 23.4 Å². The van der Waals surface area contributed by atoms with E-state index in [1.165, 1.54) is 6.07 Å². The molecule has 25 heavy (non-hydrogen) atoms. The molecular formula is C18H22FN3O2S. The predicted molar refractivity (Wildman–Crippen MR) is 99.9 cm³/mol. The third kappa shape index (κ3) is 6.34. The van der Waals surface area contributed by atoms with Gasteiger partial charge in [0.2, 0.25) is 11.8 Å². The minimum absolute atomic E-state index is 0.0847. The fraction of sp³-hybridized carbons (Fsp3) is 0.389. The number of amidine groups is 1. The summed E-state index contributed by atoms with van der Waals surface area (Å²) in [6.45, 7) is 0.601. The van der Waals surface area contributed by atoms with Gasteiger partial charge in [-0.15, -0.1) is 0 Å². The number of thiol groups is 1. The van der Waals surface area contributed by atoms with Crippen LogP contribution < -0.4 is 10.6 Å². The third-order valence-electron chi connectivity index (χ3n) is 3.72. The van der Waals surface area contributed by atoms with Gasteiger partial charge in [-0.3, -0.25) is 9.59 Å². The van der Waals surface area contributed by atoms with E-state index in [4.69, 9.17) is 0 Å². The van der Waals surface area contributed by atoms with Gasteiger partial charge in [-0.05, 0) is 25.0 Å². The van der Waals surface area contributed by atoms with Gasteiger partial charge >= 0.3 is 0 Å². The van der Waals surface area contributed by atoms with Gasteiger partial charge in [0.15, 0.2) is 0 Å². The summed E-state index contributed by atoms with van der Waals surface area (Å²) < 4.78 is 13.7. The number of aliphatic imine (C=N–C) groups is 1. The Labute approximate surface area is 152 Å². The first-order valence-electron chi connectivity index (χ1n) is 8.30. The highest BCUT2D eigenvalue weighted by molar-refractivity contribution is 7.81. The first-order chi connectivity index (χ1) is 12.1. The Bertz CT molecular complexity index is 689. The van der Waals surface area contributed by atoms with Gasteiger partial charge in [0, 0.05) is 24.9 Å². The van der Waals surface area contributed by atoms with Crippen molar-refractivity contribution in [2.75, 3.05) is 12.3 Å². The molecule has 134 valence electrons. The average Bonchev–Trinajstić information content (AvgIpc) is 3.06.